The lowest BCUT2D eigenvalue weighted by Crippen LogP contribution is -2.35. The Kier molecular flexibility index (Phi) is 4.13. The molecule has 0 saturated carbocycles. The molecule has 2 aromatic rings. The molecule has 1 aromatic heterocycles. The minimum Gasteiger partial charge on any atom is -0.374 e. The number of nitrogens with zero attached hydrogens (tertiary/aromatic N) is 3. The molecule has 4 rings (SSSR count). The standard InChI is InChI=1S/C19H18N4O2S/c1-22-7-4-12-2-3-14(10-15(12)17(22)24)21-16-5-8-23(18(16)25)19-13(11-20)6-9-26-19/h2-3,6,9-10,16,21H,4-5,7-8H2,1H3. The number of hydrogen-bond acceptors (Lipinski definition) is 5. The molecular formula is C19H18N4O2S. The predicted molar refractivity (Wildman–Crippen MR) is 101 cm³/mol. The van der Waals surface area contributed by atoms with Crippen LogP contribution in [0.3, 0.4) is 0 Å². The fourth-order valence-corrected chi connectivity index (χ4v) is 4.37. The zero-order valence-corrected chi connectivity index (χ0v) is 15.2. The molecule has 1 N–H and O–H groups in total. The van der Waals surface area contributed by atoms with E-state index in [0.717, 1.165) is 24.2 Å². The Morgan fingerprint density at radius 2 is 2.12 bits per heavy atom. The summed E-state index contributed by atoms with van der Waals surface area (Å²) in [6.45, 7) is 1.31. The maximum absolute atomic E-state index is 12.8. The third-order valence-electron chi connectivity index (χ3n) is 4.96. The van der Waals surface area contributed by atoms with E-state index in [1.165, 1.54) is 11.3 Å². The van der Waals surface area contributed by atoms with Crippen LogP contribution in [0.1, 0.15) is 27.9 Å². The predicted octanol–water partition coefficient (Wildman–Crippen LogP) is 2.47. The van der Waals surface area contributed by atoms with Gasteiger partial charge in [0, 0.05) is 31.4 Å². The van der Waals surface area contributed by atoms with Crippen LogP contribution < -0.4 is 10.2 Å². The van der Waals surface area contributed by atoms with Gasteiger partial charge in [-0.25, -0.2) is 0 Å². The Bertz CT molecular complexity index is 930. The number of likely N-dealkylation sites (N-methyl/N-ethyl adjacent to an activating group) is 1. The smallest absolute Gasteiger partial charge is 0.253 e. The van der Waals surface area contributed by atoms with Crippen molar-refractivity contribution >= 4 is 33.8 Å². The average molecular weight is 366 g/mol. The topological polar surface area (TPSA) is 76.4 Å². The van der Waals surface area contributed by atoms with Crippen LogP contribution in [0, 0.1) is 11.3 Å². The van der Waals surface area contributed by atoms with Gasteiger partial charge in [-0.1, -0.05) is 6.07 Å². The third-order valence-corrected chi connectivity index (χ3v) is 5.90. The fraction of sp³-hybridized carbons (Fsp3) is 0.316. The fourth-order valence-electron chi connectivity index (χ4n) is 3.49. The number of carbonyl (C=O) groups excluding carboxylic acids is 2. The number of nitrogens with one attached hydrogen (secondary N) is 1. The van der Waals surface area contributed by atoms with E-state index < -0.39 is 0 Å². The van der Waals surface area contributed by atoms with Crippen molar-refractivity contribution in [2.24, 2.45) is 0 Å². The molecule has 2 amide bonds. The highest BCUT2D eigenvalue weighted by Gasteiger charge is 2.34. The number of nitriles is 1. The monoisotopic (exact) mass is 366 g/mol. The third kappa shape index (κ3) is 2.72. The van der Waals surface area contributed by atoms with E-state index in [1.54, 1.807) is 22.9 Å². The van der Waals surface area contributed by atoms with E-state index in [4.69, 9.17) is 0 Å². The summed E-state index contributed by atoms with van der Waals surface area (Å²) in [5, 5.41) is 15.0. The second-order valence-electron chi connectivity index (χ2n) is 6.58. The van der Waals surface area contributed by atoms with Crippen molar-refractivity contribution in [3.05, 3.63) is 46.3 Å². The molecule has 7 heteroatoms. The summed E-state index contributed by atoms with van der Waals surface area (Å²) in [7, 11) is 1.80. The number of hydrogen-bond donors (Lipinski definition) is 1. The van der Waals surface area contributed by atoms with Gasteiger partial charge in [0.2, 0.25) is 5.91 Å². The second kappa shape index (κ2) is 6.46. The highest BCUT2D eigenvalue weighted by atomic mass is 32.1. The van der Waals surface area contributed by atoms with Gasteiger partial charge in [0.05, 0.1) is 5.56 Å². The van der Waals surface area contributed by atoms with E-state index >= 15 is 0 Å². The Hall–Kier alpha value is -2.85. The summed E-state index contributed by atoms with van der Waals surface area (Å²) in [5.41, 5.74) is 3.07. The number of amides is 2. The molecule has 1 fully saturated rings. The van der Waals surface area contributed by atoms with Gasteiger partial charge in [0.1, 0.15) is 17.1 Å². The lowest BCUT2D eigenvalue weighted by molar-refractivity contribution is -0.117. The van der Waals surface area contributed by atoms with Crippen LogP contribution in [0.25, 0.3) is 0 Å². The summed E-state index contributed by atoms with van der Waals surface area (Å²) in [4.78, 5) is 28.5. The van der Waals surface area contributed by atoms with Gasteiger partial charge in [0.25, 0.3) is 5.91 Å². The van der Waals surface area contributed by atoms with Crippen molar-refractivity contribution in [2.45, 2.75) is 18.9 Å². The first-order valence-corrected chi connectivity index (χ1v) is 9.40. The molecule has 0 radical (unpaired) electrons. The maximum atomic E-state index is 12.8. The molecular weight excluding hydrogens is 348 g/mol. The van der Waals surface area contributed by atoms with Gasteiger partial charge in [-0.15, -0.1) is 11.3 Å². The molecule has 1 aromatic carbocycles. The lowest BCUT2D eigenvalue weighted by Gasteiger charge is -2.25. The Balaban J connectivity index is 1.53. The number of carbonyl (C=O) groups is 2. The Morgan fingerprint density at radius 3 is 2.92 bits per heavy atom. The second-order valence-corrected chi connectivity index (χ2v) is 7.47. The molecule has 3 heterocycles. The Labute approximate surface area is 155 Å². The normalized spacial score (nSPS) is 19.5. The zero-order valence-electron chi connectivity index (χ0n) is 14.4. The van der Waals surface area contributed by atoms with Gasteiger partial charge in [-0.05, 0) is 42.0 Å². The summed E-state index contributed by atoms with van der Waals surface area (Å²) < 4.78 is 0. The minimum atomic E-state index is -0.349. The first-order valence-electron chi connectivity index (χ1n) is 8.52. The van der Waals surface area contributed by atoms with Crippen LogP contribution in [-0.2, 0) is 11.2 Å². The molecule has 132 valence electrons. The molecule has 0 spiro atoms. The number of fused-ring (bicyclic) bond motifs is 1. The van der Waals surface area contributed by atoms with E-state index in [1.807, 2.05) is 23.6 Å². The van der Waals surface area contributed by atoms with Crippen molar-refractivity contribution in [3.63, 3.8) is 0 Å². The molecule has 0 bridgehead atoms. The van der Waals surface area contributed by atoms with Crippen LogP contribution in [0.2, 0.25) is 0 Å². The largest absolute Gasteiger partial charge is 0.374 e. The van der Waals surface area contributed by atoms with Gasteiger partial charge in [0.15, 0.2) is 0 Å². The molecule has 2 aliphatic rings. The van der Waals surface area contributed by atoms with Crippen LogP contribution in [0.15, 0.2) is 29.6 Å². The average Bonchev–Trinajstić information content (AvgIpc) is 3.25. The van der Waals surface area contributed by atoms with Crippen LogP contribution in [0.4, 0.5) is 10.7 Å². The van der Waals surface area contributed by atoms with Crippen LogP contribution in [-0.4, -0.2) is 42.9 Å². The quantitative estimate of drug-likeness (QED) is 0.905. The molecule has 2 aliphatic heterocycles. The van der Waals surface area contributed by atoms with Crippen LogP contribution in [0.5, 0.6) is 0 Å². The van der Waals surface area contributed by atoms with Gasteiger partial charge < -0.3 is 15.1 Å². The van der Waals surface area contributed by atoms with Gasteiger partial charge in [-0.2, -0.15) is 5.26 Å². The summed E-state index contributed by atoms with van der Waals surface area (Å²) in [6, 6.07) is 9.26. The SMILES string of the molecule is CN1CCc2ccc(NC3CCN(c4sccc4C#N)C3=O)cc2C1=O. The highest BCUT2D eigenvalue weighted by molar-refractivity contribution is 7.14. The van der Waals surface area contributed by atoms with Crippen molar-refractivity contribution in [1.82, 2.24) is 4.90 Å². The number of thiophene rings is 1. The summed E-state index contributed by atoms with van der Waals surface area (Å²) in [6.07, 6.45) is 1.51. The molecule has 1 atom stereocenters. The number of benzene rings is 1. The molecule has 1 unspecified atom stereocenters. The van der Waals surface area contributed by atoms with Gasteiger partial charge in [-0.3, -0.25) is 9.59 Å². The minimum absolute atomic E-state index is 0.0199. The van der Waals surface area contributed by atoms with Crippen LogP contribution >= 0.6 is 11.3 Å². The summed E-state index contributed by atoms with van der Waals surface area (Å²) in [5.74, 6) is -0.0170. The van der Waals surface area contributed by atoms with Crippen molar-refractivity contribution < 1.29 is 9.59 Å². The maximum Gasteiger partial charge on any atom is 0.253 e. The van der Waals surface area contributed by atoms with Crippen molar-refractivity contribution in [1.29, 1.82) is 5.26 Å². The first kappa shape index (κ1) is 16.6. The van der Waals surface area contributed by atoms with E-state index in [-0.39, 0.29) is 17.9 Å². The Morgan fingerprint density at radius 1 is 1.27 bits per heavy atom. The molecule has 1 saturated heterocycles. The lowest BCUT2D eigenvalue weighted by atomic mass is 9.98. The zero-order chi connectivity index (χ0) is 18.3. The molecule has 6 nitrogen and oxygen atoms in total. The van der Waals surface area contributed by atoms with E-state index in [0.29, 0.717) is 29.1 Å². The molecule has 26 heavy (non-hydrogen) atoms. The van der Waals surface area contributed by atoms with Crippen molar-refractivity contribution in [2.75, 3.05) is 30.4 Å². The molecule has 0 aliphatic carbocycles. The first-order chi connectivity index (χ1) is 12.6. The number of anilines is 2. The number of rotatable bonds is 3. The van der Waals surface area contributed by atoms with E-state index in [2.05, 4.69) is 11.4 Å². The van der Waals surface area contributed by atoms with Gasteiger partial charge >= 0.3 is 0 Å². The summed E-state index contributed by atoms with van der Waals surface area (Å²) >= 11 is 1.41. The van der Waals surface area contributed by atoms with Crippen molar-refractivity contribution in [3.8, 4) is 6.07 Å². The van der Waals surface area contributed by atoms with E-state index in [9.17, 15) is 14.9 Å². The highest BCUT2D eigenvalue weighted by Crippen LogP contribution is 2.32.